The van der Waals surface area contributed by atoms with E-state index in [2.05, 4.69) is 10.3 Å². The summed E-state index contributed by atoms with van der Waals surface area (Å²) in [5.41, 5.74) is 5.87. The van der Waals surface area contributed by atoms with Crippen molar-refractivity contribution in [3.63, 3.8) is 0 Å². The Labute approximate surface area is 106 Å². The molecule has 1 aromatic heterocycles. The molecule has 0 aliphatic heterocycles. The monoisotopic (exact) mass is 253 g/mol. The molecule has 1 unspecified atom stereocenters. The number of pyridine rings is 1. The van der Waals surface area contributed by atoms with E-state index < -0.39 is 0 Å². The highest BCUT2D eigenvalue weighted by Crippen LogP contribution is 2.39. The van der Waals surface area contributed by atoms with E-state index in [4.69, 9.17) is 17.3 Å². The van der Waals surface area contributed by atoms with E-state index in [0.717, 1.165) is 12.8 Å². The molecule has 1 saturated carbocycles. The van der Waals surface area contributed by atoms with Crippen molar-refractivity contribution in [3.05, 3.63) is 29.0 Å². The lowest BCUT2D eigenvalue weighted by atomic mass is 9.95. The second-order valence-electron chi connectivity index (χ2n) is 4.71. The number of halogens is 1. The quantitative estimate of drug-likeness (QED) is 0.856. The molecule has 5 heteroatoms. The van der Waals surface area contributed by atoms with Crippen molar-refractivity contribution in [1.82, 2.24) is 10.3 Å². The molecule has 1 aliphatic carbocycles. The summed E-state index contributed by atoms with van der Waals surface area (Å²) in [5.74, 6) is 0.300. The highest BCUT2D eigenvalue weighted by molar-refractivity contribution is 6.33. The predicted octanol–water partition coefficient (Wildman–Crippen LogP) is 1.59. The van der Waals surface area contributed by atoms with E-state index >= 15 is 0 Å². The summed E-state index contributed by atoms with van der Waals surface area (Å²) >= 11 is 5.93. The minimum atomic E-state index is -0.330. The maximum absolute atomic E-state index is 12.1. The van der Waals surface area contributed by atoms with E-state index in [1.165, 1.54) is 6.20 Å². The lowest BCUT2D eigenvalue weighted by Gasteiger charge is -2.29. The topological polar surface area (TPSA) is 68.0 Å². The fraction of sp³-hybridized carbons (Fsp3) is 0.500. The minimum absolute atomic E-state index is 0.183. The number of carbonyl (C=O) groups is 1. The Morgan fingerprint density at radius 1 is 1.71 bits per heavy atom. The molecule has 1 heterocycles. The van der Waals surface area contributed by atoms with Gasteiger partial charge in [0.1, 0.15) is 0 Å². The van der Waals surface area contributed by atoms with Gasteiger partial charge in [-0.2, -0.15) is 0 Å². The highest BCUT2D eigenvalue weighted by Gasteiger charge is 2.41. The van der Waals surface area contributed by atoms with E-state index in [-0.39, 0.29) is 11.4 Å². The normalized spacial score (nSPS) is 18.5. The Bertz CT molecular complexity index is 434. The van der Waals surface area contributed by atoms with E-state index in [0.29, 0.717) is 23.0 Å². The molecule has 0 spiro atoms. The van der Waals surface area contributed by atoms with Crippen LogP contribution in [0, 0.1) is 5.92 Å². The van der Waals surface area contributed by atoms with Crippen LogP contribution < -0.4 is 11.1 Å². The van der Waals surface area contributed by atoms with Crippen molar-refractivity contribution in [2.45, 2.75) is 25.3 Å². The third-order valence-corrected chi connectivity index (χ3v) is 3.62. The summed E-state index contributed by atoms with van der Waals surface area (Å²) in [4.78, 5) is 15.9. The largest absolute Gasteiger partial charge is 0.345 e. The number of amides is 1. The number of rotatable bonds is 4. The molecular formula is C12H16ClN3O. The molecule has 0 radical (unpaired) electrons. The first-order valence-corrected chi connectivity index (χ1v) is 6.07. The fourth-order valence-corrected chi connectivity index (χ4v) is 2.13. The zero-order valence-electron chi connectivity index (χ0n) is 9.74. The second kappa shape index (κ2) is 4.63. The molecular weight excluding hydrogens is 238 g/mol. The number of hydrogen-bond acceptors (Lipinski definition) is 3. The van der Waals surface area contributed by atoms with Crippen molar-refractivity contribution in [1.29, 1.82) is 0 Å². The van der Waals surface area contributed by atoms with Crippen LogP contribution >= 0.6 is 11.6 Å². The molecule has 92 valence electrons. The van der Waals surface area contributed by atoms with Gasteiger partial charge in [0.2, 0.25) is 0 Å². The number of nitrogens with zero attached hydrogens (tertiary/aromatic N) is 1. The zero-order valence-corrected chi connectivity index (χ0v) is 10.5. The smallest absolute Gasteiger partial charge is 0.253 e. The van der Waals surface area contributed by atoms with Gasteiger partial charge in [-0.3, -0.25) is 9.78 Å². The molecule has 0 bridgehead atoms. The summed E-state index contributed by atoms with van der Waals surface area (Å²) in [5, 5.41) is 3.35. The fourth-order valence-electron chi connectivity index (χ4n) is 1.93. The lowest BCUT2D eigenvalue weighted by Crippen LogP contribution is -2.53. The Balaban J connectivity index is 2.13. The summed E-state index contributed by atoms with van der Waals surface area (Å²) in [6, 6.07) is 1.61. The van der Waals surface area contributed by atoms with E-state index in [1.807, 2.05) is 6.92 Å². The Kier molecular flexibility index (Phi) is 3.35. The molecule has 1 amide bonds. The van der Waals surface area contributed by atoms with Gasteiger partial charge in [0.15, 0.2) is 0 Å². The summed E-state index contributed by atoms with van der Waals surface area (Å²) in [7, 11) is 0. The van der Waals surface area contributed by atoms with Gasteiger partial charge < -0.3 is 11.1 Å². The third kappa shape index (κ3) is 2.58. The van der Waals surface area contributed by atoms with Crippen LogP contribution in [0.5, 0.6) is 0 Å². The molecule has 1 atom stereocenters. The second-order valence-corrected chi connectivity index (χ2v) is 5.11. The number of hydrogen-bond donors (Lipinski definition) is 2. The first kappa shape index (κ1) is 12.3. The van der Waals surface area contributed by atoms with Crippen LogP contribution in [0.25, 0.3) is 0 Å². The molecule has 4 nitrogen and oxygen atoms in total. The molecule has 1 aromatic rings. The lowest BCUT2D eigenvalue weighted by molar-refractivity contribution is 0.0898. The van der Waals surface area contributed by atoms with Gasteiger partial charge in [0, 0.05) is 18.9 Å². The maximum atomic E-state index is 12.1. The van der Waals surface area contributed by atoms with Crippen molar-refractivity contribution in [2.24, 2.45) is 11.7 Å². The van der Waals surface area contributed by atoms with Gasteiger partial charge in [-0.15, -0.1) is 0 Å². The average Bonchev–Trinajstić information content (AvgIpc) is 3.13. The van der Waals surface area contributed by atoms with Crippen LogP contribution in [0.15, 0.2) is 18.5 Å². The van der Waals surface area contributed by atoms with Crippen molar-refractivity contribution in [3.8, 4) is 0 Å². The van der Waals surface area contributed by atoms with Crippen LogP contribution in [0.1, 0.15) is 30.1 Å². The van der Waals surface area contributed by atoms with Crippen LogP contribution in [0.4, 0.5) is 0 Å². The number of carbonyl (C=O) groups excluding carboxylic acids is 1. The number of nitrogens with two attached hydrogens (primary N) is 1. The minimum Gasteiger partial charge on any atom is -0.345 e. The molecule has 1 aliphatic rings. The molecule has 1 fully saturated rings. The van der Waals surface area contributed by atoms with Gasteiger partial charge in [0.05, 0.1) is 16.1 Å². The SMILES string of the molecule is CC(CN)(NC(=O)c1ccncc1Cl)C1CC1. The van der Waals surface area contributed by atoms with Crippen molar-refractivity contribution < 1.29 is 4.79 Å². The Morgan fingerprint density at radius 2 is 2.41 bits per heavy atom. The van der Waals surface area contributed by atoms with Crippen molar-refractivity contribution >= 4 is 17.5 Å². The van der Waals surface area contributed by atoms with Crippen LogP contribution in [-0.4, -0.2) is 23.0 Å². The summed E-state index contributed by atoms with van der Waals surface area (Å²) in [6.07, 6.45) is 5.27. The first-order valence-electron chi connectivity index (χ1n) is 5.69. The summed E-state index contributed by atoms with van der Waals surface area (Å²) < 4.78 is 0. The number of nitrogens with one attached hydrogen (secondary N) is 1. The maximum Gasteiger partial charge on any atom is 0.253 e. The third-order valence-electron chi connectivity index (χ3n) is 3.32. The zero-order chi connectivity index (χ0) is 12.5. The predicted molar refractivity (Wildman–Crippen MR) is 66.9 cm³/mol. The average molecular weight is 254 g/mol. The standard InChI is InChI=1S/C12H16ClN3O/c1-12(7-14,8-2-3-8)16-11(17)9-4-5-15-6-10(9)13/h4-6,8H,2-3,7,14H2,1H3,(H,16,17). The molecule has 2 rings (SSSR count). The van der Waals surface area contributed by atoms with Gasteiger partial charge in [0.25, 0.3) is 5.91 Å². The van der Waals surface area contributed by atoms with Crippen LogP contribution in [0.3, 0.4) is 0 Å². The van der Waals surface area contributed by atoms with Crippen LogP contribution in [0.2, 0.25) is 5.02 Å². The van der Waals surface area contributed by atoms with Gasteiger partial charge in [-0.25, -0.2) is 0 Å². The van der Waals surface area contributed by atoms with Gasteiger partial charge >= 0.3 is 0 Å². The highest BCUT2D eigenvalue weighted by atomic mass is 35.5. The molecule has 3 N–H and O–H groups in total. The van der Waals surface area contributed by atoms with E-state index in [9.17, 15) is 4.79 Å². The van der Waals surface area contributed by atoms with Crippen LogP contribution in [-0.2, 0) is 0 Å². The first-order chi connectivity index (χ1) is 8.07. The molecule has 0 saturated heterocycles. The Morgan fingerprint density at radius 3 is 2.94 bits per heavy atom. The number of aromatic nitrogens is 1. The Hall–Kier alpha value is -1.13. The van der Waals surface area contributed by atoms with Gasteiger partial charge in [-0.1, -0.05) is 11.6 Å². The van der Waals surface area contributed by atoms with Crippen molar-refractivity contribution in [2.75, 3.05) is 6.54 Å². The van der Waals surface area contributed by atoms with E-state index in [1.54, 1.807) is 12.3 Å². The molecule has 17 heavy (non-hydrogen) atoms. The van der Waals surface area contributed by atoms with Gasteiger partial charge in [-0.05, 0) is 31.7 Å². The summed E-state index contributed by atoms with van der Waals surface area (Å²) in [6.45, 7) is 2.42. The molecule has 0 aromatic carbocycles.